The largest absolute Gasteiger partial charge is 0.476 e. The maximum absolute atomic E-state index is 10.8. The maximum atomic E-state index is 10.8. The first-order valence-corrected chi connectivity index (χ1v) is 4.86. The standard InChI is InChI=1S/C8H10N8O2/c1-3-5(6(17)18)14-15-16(3)2-4-11-7(9)13-8(10)12-4/h2H2,1H3,(H,17,18)(H4,9,10,11,12,13). The molecule has 0 bridgehead atoms. The fourth-order valence-electron chi connectivity index (χ4n) is 1.37. The number of carboxylic acid groups (broad SMARTS) is 1. The summed E-state index contributed by atoms with van der Waals surface area (Å²) in [5.74, 6) is -0.874. The molecule has 18 heavy (non-hydrogen) atoms. The molecule has 0 radical (unpaired) electrons. The Bertz CT molecular complexity index is 587. The van der Waals surface area contributed by atoms with E-state index >= 15 is 0 Å². The molecule has 2 aromatic rings. The predicted octanol–water partition coefficient (Wildman–Crippen LogP) is -1.32. The van der Waals surface area contributed by atoms with Gasteiger partial charge in [0.25, 0.3) is 0 Å². The van der Waals surface area contributed by atoms with Crippen LogP contribution in [0.1, 0.15) is 22.0 Å². The molecule has 0 unspecified atom stereocenters. The van der Waals surface area contributed by atoms with Crippen molar-refractivity contribution < 1.29 is 9.90 Å². The van der Waals surface area contributed by atoms with Crippen LogP contribution in [-0.2, 0) is 6.54 Å². The summed E-state index contributed by atoms with van der Waals surface area (Å²) in [6.07, 6.45) is 0. The van der Waals surface area contributed by atoms with Crippen molar-refractivity contribution >= 4 is 17.9 Å². The van der Waals surface area contributed by atoms with Gasteiger partial charge in [-0.15, -0.1) is 5.10 Å². The van der Waals surface area contributed by atoms with Gasteiger partial charge in [0.2, 0.25) is 11.9 Å². The van der Waals surface area contributed by atoms with Gasteiger partial charge in [0.05, 0.1) is 5.69 Å². The molecule has 0 saturated heterocycles. The van der Waals surface area contributed by atoms with Crippen LogP contribution in [0.15, 0.2) is 0 Å². The molecule has 0 atom stereocenters. The number of aromatic carboxylic acids is 1. The van der Waals surface area contributed by atoms with Gasteiger partial charge in [0.1, 0.15) is 6.54 Å². The third-order valence-electron chi connectivity index (χ3n) is 2.19. The maximum Gasteiger partial charge on any atom is 0.358 e. The number of anilines is 2. The summed E-state index contributed by atoms with van der Waals surface area (Å²) >= 11 is 0. The summed E-state index contributed by atoms with van der Waals surface area (Å²) in [6.45, 7) is 1.69. The number of nitrogen functional groups attached to an aromatic ring is 2. The van der Waals surface area contributed by atoms with Crippen LogP contribution in [0.3, 0.4) is 0 Å². The Balaban J connectivity index is 2.31. The van der Waals surface area contributed by atoms with Gasteiger partial charge in [-0.25, -0.2) is 9.48 Å². The molecule has 5 N–H and O–H groups in total. The van der Waals surface area contributed by atoms with E-state index in [2.05, 4.69) is 25.3 Å². The van der Waals surface area contributed by atoms with Crippen molar-refractivity contribution in [1.29, 1.82) is 0 Å². The highest BCUT2D eigenvalue weighted by molar-refractivity contribution is 5.86. The normalized spacial score (nSPS) is 10.5. The highest BCUT2D eigenvalue weighted by Crippen LogP contribution is 2.06. The lowest BCUT2D eigenvalue weighted by Gasteiger charge is -2.03. The quantitative estimate of drug-likeness (QED) is 0.600. The lowest BCUT2D eigenvalue weighted by atomic mass is 10.3. The molecular formula is C8H10N8O2. The van der Waals surface area contributed by atoms with Gasteiger partial charge in [0, 0.05) is 0 Å². The average Bonchev–Trinajstić information content (AvgIpc) is 2.59. The first-order chi connectivity index (χ1) is 8.47. The van der Waals surface area contributed by atoms with E-state index in [0.717, 1.165) is 0 Å². The number of nitrogens with two attached hydrogens (primary N) is 2. The molecule has 0 aliphatic carbocycles. The zero-order valence-corrected chi connectivity index (χ0v) is 9.40. The van der Waals surface area contributed by atoms with Crippen molar-refractivity contribution in [1.82, 2.24) is 29.9 Å². The molecule has 2 rings (SSSR count). The Kier molecular flexibility index (Phi) is 2.75. The molecule has 0 saturated carbocycles. The van der Waals surface area contributed by atoms with E-state index in [1.54, 1.807) is 6.92 Å². The molecule has 0 amide bonds. The molecule has 94 valence electrons. The Morgan fingerprint density at radius 3 is 2.39 bits per heavy atom. The van der Waals surface area contributed by atoms with E-state index < -0.39 is 5.97 Å². The monoisotopic (exact) mass is 250 g/mol. The minimum atomic E-state index is -1.14. The van der Waals surface area contributed by atoms with Gasteiger partial charge in [0.15, 0.2) is 11.5 Å². The topological polar surface area (TPSA) is 159 Å². The van der Waals surface area contributed by atoms with Gasteiger partial charge in [-0.3, -0.25) is 0 Å². The van der Waals surface area contributed by atoms with Gasteiger partial charge in [-0.05, 0) is 6.92 Å². The smallest absolute Gasteiger partial charge is 0.358 e. The van der Waals surface area contributed by atoms with Crippen LogP contribution in [0.5, 0.6) is 0 Å². The van der Waals surface area contributed by atoms with Crippen LogP contribution in [0.4, 0.5) is 11.9 Å². The van der Waals surface area contributed by atoms with Crippen LogP contribution in [0.2, 0.25) is 0 Å². The minimum Gasteiger partial charge on any atom is -0.476 e. The fourth-order valence-corrected chi connectivity index (χ4v) is 1.37. The Labute approximate surface area is 101 Å². The summed E-state index contributed by atoms with van der Waals surface area (Å²) in [4.78, 5) is 22.2. The summed E-state index contributed by atoms with van der Waals surface area (Å²) in [6, 6.07) is 0. The molecule has 2 aromatic heterocycles. The average molecular weight is 250 g/mol. The van der Waals surface area contributed by atoms with Crippen molar-refractivity contribution in [2.45, 2.75) is 13.5 Å². The highest BCUT2D eigenvalue weighted by atomic mass is 16.4. The van der Waals surface area contributed by atoms with Crippen molar-refractivity contribution in [3.05, 3.63) is 17.2 Å². The van der Waals surface area contributed by atoms with E-state index in [1.807, 2.05) is 0 Å². The summed E-state index contributed by atoms with van der Waals surface area (Å²) in [7, 11) is 0. The van der Waals surface area contributed by atoms with Crippen LogP contribution in [-0.4, -0.2) is 41.0 Å². The molecular weight excluding hydrogens is 240 g/mol. The number of hydrogen-bond acceptors (Lipinski definition) is 8. The van der Waals surface area contributed by atoms with Crippen LogP contribution in [0.25, 0.3) is 0 Å². The van der Waals surface area contributed by atoms with E-state index in [9.17, 15) is 4.79 Å². The van der Waals surface area contributed by atoms with Crippen molar-refractivity contribution in [3.8, 4) is 0 Å². The number of carbonyl (C=O) groups is 1. The predicted molar refractivity (Wildman–Crippen MR) is 59.5 cm³/mol. The number of hydrogen-bond donors (Lipinski definition) is 3. The number of rotatable bonds is 3. The van der Waals surface area contributed by atoms with Gasteiger partial charge >= 0.3 is 5.97 Å². The Hall–Kier alpha value is -2.78. The summed E-state index contributed by atoms with van der Waals surface area (Å²) in [5.41, 5.74) is 11.1. The zero-order valence-electron chi connectivity index (χ0n) is 9.40. The molecule has 0 aliphatic rings. The molecule has 10 nitrogen and oxygen atoms in total. The van der Waals surface area contributed by atoms with E-state index in [0.29, 0.717) is 5.69 Å². The first kappa shape index (κ1) is 11.7. The Morgan fingerprint density at radius 2 is 1.89 bits per heavy atom. The third-order valence-corrected chi connectivity index (χ3v) is 2.19. The molecule has 2 heterocycles. The van der Waals surface area contributed by atoms with Crippen LogP contribution in [0, 0.1) is 6.92 Å². The van der Waals surface area contributed by atoms with E-state index in [-0.39, 0.29) is 30.0 Å². The Morgan fingerprint density at radius 1 is 1.28 bits per heavy atom. The molecule has 0 aromatic carbocycles. The van der Waals surface area contributed by atoms with Crippen molar-refractivity contribution in [3.63, 3.8) is 0 Å². The van der Waals surface area contributed by atoms with Gasteiger partial charge < -0.3 is 16.6 Å². The summed E-state index contributed by atoms with van der Waals surface area (Å²) in [5, 5.41) is 16.1. The van der Waals surface area contributed by atoms with Gasteiger partial charge in [-0.1, -0.05) is 5.21 Å². The van der Waals surface area contributed by atoms with E-state index in [4.69, 9.17) is 16.6 Å². The number of nitrogens with zero attached hydrogens (tertiary/aromatic N) is 6. The third kappa shape index (κ3) is 2.16. The molecule has 0 fully saturated rings. The molecule has 10 heteroatoms. The van der Waals surface area contributed by atoms with Crippen molar-refractivity contribution in [2.24, 2.45) is 0 Å². The fraction of sp³-hybridized carbons (Fsp3) is 0.250. The van der Waals surface area contributed by atoms with Gasteiger partial charge in [-0.2, -0.15) is 15.0 Å². The SMILES string of the molecule is Cc1c(C(=O)O)nnn1Cc1nc(N)nc(N)n1. The number of aromatic nitrogens is 6. The minimum absolute atomic E-state index is 0.00581. The van der Waals surface area contributed by atoms with Crippen molar-refractivity contribution in [2.75, 3.05) is 11.5 Å². The number of carboxylic acids is 1. The summed E-state index contributed by atoms with van der Waals surface area (Å²) < 4.78 is 1.34. The second-order valence-electron chi connectivity index (χ2n) is 3.45. The zero-order chi connectivity index (χ0) is 13.3. The molecule has 0 spiro atoms. The lowest BCUT2D eigenvalue weighted by Crippen LogP contribution is -2.12. The highest BCUT2D eigenvalue weighted by Gasteiger charge is 2.16. The molecule has 0 aliphatic heterocycles. The first-order valence-electron chi connectivity index (χ1n) is 4.86. The van der Waals surface area contributed by atoms with Crippen LogP contribution >= 0.6 is 0 Å². The van der Waals surface area contributed by atoms with Crippen LogP contribution < -0.4 is 11.5 Å². The van der Waals surface area contributed by atoms with E-state index in [1.165, 1.54) is 4.68 Å². The lowest BCUT2D eigenvalue weighted by molar-refractivity contribution is 0.0689. The second-order valence-corrected chi connectivity index (χ2v) is 3.45. The second kappa shape index (κ2) is 4.24.